The van der Waals surface area contributed by atoms with Crippen molar-refractivity contribution in [3.05, 3.63) is 47.0 Å². The zero-order valence-corrected chi connectivity index (χ0v) is 16.9. The maximum absolute atomic E-state index is 13.2. The van der Waals surface area contributed by atoms with E-state index >= 15 is 0 Å². The summed E-state index contributed by atoms with van der Waals surface area (Å²) in [5.74, 6) is 1.75. The van der Waals surface area contributed by atoms with Gasteiger partial charge in [-0.1, -0.05) is 13.8 Å². The van der Waals surface area contributed by atoms with Gasteiger partial charge in [0.05, 0.1) is 18.5 Å². The highest BCUT2D eigenvalue weighted by molar-refractivity contribution is 6.12. The SMILES string of the molecule is COc1cc(C=C(C(=O)c2ccc(N(C)C)c(N)c2)C(C)C)cc2c1OCO2. The normalized spacial score (nSPS) is 13.0. The lowest BCUT2D eigenvalue weighted by molar-refractivity contribution is 0.102. The maximum Gasteiger partial charge on any atom is 0.231 e. The summed E-state index contributed by atoms with van der Waals surface area (Å²) in [5.41, 5.74) is 9.64. The lowest BCUT2D eigenvalue weighted by Crippen LogP contribution is -2.13. The number of ketones is 1. The van der Waals surface area contributed by atoms with E-state index in [2.05, 4.69) is 0 Å². The van der Waals surface area contributed by atoms with Crippen LogP contribution < -0.4 is 24.8 Å². The molecular weight excluding hydrogens is 356 g/mol. The number of methoxy groups -OCH3 is 1. The summed E-state index contributed by atoms with van der Waals surface area (Å²) in [4.78, 5) is 15.1. The fourth-order valence-electron chi connectivity index (χ4n) is 3.18. The summed E-state index contributed by atoms with van der Waals surface area (Å²) < 4.78 is 16.3. The van der Waals surface area contributed by atoms with E-state index in [0.29, 0.717) is 34.1 Å². The van der Waals surface area contributed by atoms with Gasteiger partial charge in [-0.05, 0) is 47.9 Å². The molecule has 1 aliphatic heterocycles. The van der Waals surface area contributed by atoms with Crippen molar-refractivity contribution < 1.29 is 19.0 Å². The van der Waals surface area contributed by atoms with E-state index in [1.165, 1.54) is 0 Å². The Morgan fingerprint density at radius 1 is 1.21 bits per heavy atom. The molecule has 6 nitrogen and oxygen atoms in total. The van der Waals surface area contributed by atoms with Gasteiger partial charge in [-0.2, -0.15) is 0 Å². The van der Waals surface area contributed by atoms with Crippen LogP contribution in [0.2, 0.25) is 0 Å². The molecule has 0 radical (unpaired) electrons. The Balaban J connectivity index is 2.00. The number of hydrogen-bond donors (Lipinski definition) is 1. The Kier molecular flexibility index (Phi) is 5.49. The van der Waals surface area contributed by atoms with E-state index in [1.54, 1.807) is 13.2 Å². The van der Waals surface area contributed by atoms with Crippen LogP contribution in [0.5, 0.6) is 17.2 Å². The minimum atomic E-state index is -0.0522. The number of carbonyl (C=O) groups excluding carboxylic acids is 1. The molecule has 3 rings (SSSR count). The molecule has 0 fully saturated rings. The van der Waals surface area contributed by atoms with Crippen molar-refractivity contribution in [3.8, 4) is 17.2 Å². The molecule has 6 heteroatoms. The van der Waals surface area contributed by atoms with E-state index in [4.69, 9.17) is 19.9 Å². The van der Waals surface area contributed by atoms with Crippen molar-refractivity contribution in [1.29, 1.82) is 0 Å². The average molecular weight is 382 g/mol. The van der Waals surface area contributed by atoms with Gasteiger partial charge in [0.2, 0.25) is 12.5 Å². The molecule has 2 N–H and O–H groups in total. The molecule has 2 aromatic carbocycles. The van der Waals surface area contributed by atoms with Gasteiger partial charge in [0, 0.05) is 25.2 Å². The predicted molar refractivity (Wildman–Crippen MR) is 111 cm³/mol. The molecule has 28 heavy (non-hydrogen) atoms. The highest BCUT2D eigenvalue weighted by Gasteiger charge is 2.21. The first-order valence-corrected chi connectivity index (χ1v) is 9.12. The fourth-order valence-corrected chi connectivity index (χ4v) is 3.18. The second-order valence-corrected chi connectivity index (χ2v) is 7.21. The van der Waals surface area contributed by atoms with E-state index < -0.39 is 0 Å². The minimum Gasteiger partial charge on any atom is -0.493 e. The summed E-state index contributed by atoms with van der Waals surface area (Å²) in [6.45, 7) is 4.14. The van der Waals surface area contributed by atoms with Crippen molar-refractivity contribution in [2.24, 2.45) is 5.92 Å². The van der Waals surface area contributed by atoms with Crippen LogP contribution in [0.3, 0.4) is 0 Å². The van der Waals surface area contributed by atoms with E-state index in [9.17, 15) is 4.79 Å². The van der Waals surface area contributed by atoms with Crippen LogP contribution in [0.25, 0.3) is 6.08 Å². The average Bonchev–Trinajstić information content (AvgIpc) is 3.12. The summed E-state index contributed by atoms with van der Waals surface area (Å²) >= 11 is 0. The van der Waals surface area contributed by atoms with Crippen molar-refractivity contribution in [2.45, 2.75) is 13.8 Å². The monoisotopic (exact) mass is 382 g/mol. The summed E-state index contributed by atoms with van der Waals surface area (Å²) in [5, 5.41) is 0. The van der Waals surface area contributed by atoms with Crippen molar-refractivity contribution in [3.63, 3.8) is 0 Å². The minimum absolute atomic E-state index is 0.0265. The summed E-state index contributed by atoms with van der Waals surface area (Å²) in [6, 6.07) is 9.10. The maximum atomic E-state index is 13.2. The number of allylic oxidation sites excluding steroid dienone is 1. The first-order chi connectivity index (χ1) is 13.3. The Labute approximate surface area is 165 Å². The molecule has 0 amide bonds. The topological polar surface area (TPSA) is 74.0 Å². The lowest BCUT2D eigenvalue weighted by Gasteiger charge is -2.17. The van der Waals surface area contributed by atoms with Crippen LogP contribution in [-0.2, 0) is 0 Å². The van der Waals surface area contributed by atoms with Gasteiger partial charge >= 0.3 is 0 Å². The Morgan fingerprint density at radius 3 is 2.57 bits per heavy atom. The number of benzene rings is 2. The Hall–Kier alpha value is -3.15. The van der Waals surface area contributed by atoms with Crippen LogP contribution >= 0.6 is 0 Å². The first-order valence-electron chi connectivity index (χ1n) is 9.12. The number of nitrogens with zero attached hydrogens (tertiary/aromatic N) is 1. The molecule has 0 saturated heterocycles. The van der Waals surface area contributed by atoms with E-state index in [-0.39, 0.29) is 18.5 Å². The van der Waals surface area contributed by atoms with Gasteiger partial charge in [-0.15, -0.1) is 0 Å². The molecule has 0 bridgehead atoms. The van der Waals surface area contributed by atoms with E-state index in [0.717, 1.165) is 11.3 Å². The first kappa shape index (κ1) is 19.6. The third kappa shape index (κ3) is 3.76. The van der Waals surface area contributed by atoms with Crippen LogP contribution in [-0.4, -0.2) is 33.8 Å². The molecule has 148 valence electrons. The van der Waals surface area contributed by atoms with Gasteiger partial charge in [-0.25, -0.2) is 0 Å². The lowest BCUT2D eigenvalue weighted by atomic mass is 9.92. The van der Waals surface area contributed by atoms with Crippen LogP contribution in [0.1, 0.15) is 29.8 Å². The Morgan fingerprint density at radius 2 is 1.96 bits per heavy atom. The molecule has 2 aromatic rings. The highest BCUT2D eigenvalue weighted by atomic mass is 16.7. The molecule has 1 heterocycles. The third-order valence-corrected chi connectivity index (χ3v) is 4.66. The van der Waals surface area contributed by atoms with Crippen molar-refractivity contribution >= 4 is 23.2 Å². The predicted octanol–water partition coefficient (Wildman–Crippen LogP) is 3.99. The van der Waals surface area contributed by atoms with Crippen LogP contribution in [0.15, 0.2) is 35.9 Å². The molecule has 0 atom stereocenters. The standard InChI is InChI=1S/C22H26N2O4/c1-13(2)16(21(25)15-6-7-18(24(3)4)17(23)11-15)8-14-9-19(26-5)22-20(10-14)27-12-28-22/h6-11,13H,12,23H2,1-5H3. The number of fused-ring (bicyclic) bond motifs is 1. The molecular formula is C22H26N2O4. The molecule has 0 aromatic heterocycles. The largest absolute Gasteiger partial charge is 0.493 e. The number of Topliss-reactive ketones (excluding diaryl/α,β-unsaturated/α-hetero) is 1. The summed E-state index contributed by atoms with van der Waals surface area (Å²) in [6.07, 6.45) is 1.87. The second kappa shape index (κ2) is 7.84. The number of anilines is 2. The molecule has 1 aliphatic rings. The quantitative estimate of drug-likeness (QED) is 0.463. The smallest absolute Gasteiger partial charge is 0.231 e. The second-order valence-electron chi connectivity index (χ2n) is 7.21. The van der Waals surface area contributed by atoms with Gasteiger partial charge < -0.3 is 24.8 Å². The van der Waals surface area contributed by atoms with Gasteiger partial charge in [0.25, 0.3) is 0 Å². The Bertz CT molecular complexity index is 932. The van der Waals surface area contributed by atoms with Crippen LogP contribution in [0, 0.1) is 5.92 Å². The number of nitrogens with two attached hydrogens (primary N) is 1. The number of hydrogen-bond acceptors (Lipinski definition) is 6. The fraction of sp³-hybridized carbons (Fsp3) is 0.318. The van der Waals surface area contributed by atoms with Crippen molar-refractivity contribution in [1.82, 2.24) is 0 Å². The number of carbonyl (C=O) groups is 1. The zero-order chi connectivity index (χ0) is 20.4. The van der Waals surface area contributed by atoms with E-state index in [1.807, 2.05) is 63.2 Å². The van der Waals surface area contributed by atoms with Crippen molar-refractivity contribution in [2.75, 3.05) is 38.6 Å². The number of nitrogen functional groups attached to an aromatic ring is 1. The highest BCUT2D eigenvalue weighted by Crippen LogP contribution is 2.42. The zero-order valence-electron chi connectivity index (χ0n) is 16.9. The molecule has 0 unspecified atom stereocenters. The molecule has 0 saturated carbocycles. The summed E-state index contributed by atoms with van der Waals surface area (Å²) in [7, 11) is 5.41. The van der Waals surface area contributed by atoms with Gasteiger partial charge in [0.1, 0.15) is 0 Å². The van der Waals surface area contributed by atoms with Gasteiger partial charge in [0.15, 0.2) is 17.3 Å². The van der Waals surface area contributed by atoms with Crippen LogP contribution in [0.4, 0.5) is 11.4 Å². The number of ether oxygens (including phenoxy) is 3. The molecule has 0 spiro atoms. The third-order valence-electron chi connectivity index (χ3n) is 4.66. The van der Waals surface area contributed by atoms with Gasteiger partial charge in [-0.3, -0.25) is 4.79 Å². The number of rotatable bonds is 6. The molecule has 0 aliphatic carbocycles.